The Kier molecular flexibility index (Phi) is 3.61. The molecule has 118 valence electrons. The minimum absolute atomic E-state index is 0.124. The SMILES string of the molecule is Cn1nc(CNC(=O)c2nc3ccccc3s2)c2c1CCCC2. The summed E-state index contributed by atoms with van der Waals surface area (Å²) in [5.74, 6) is -0.124. The minimum Gasteiger partial charge on any atom is -0.344 e. The van der Waals surface area contributed by atoms with Crippen LogP contribution in [-0.4, -0.2) is 20.7 Å². The molecule has 2 aromatic heterocycles. The highest BCUT2D eigenvalue weighted by atomic mass is 32.1. The van der Waals surface area contributed by atoms with E-state index >= 15 is 0 Å². The predicted molar refractivity (Wildman–Crippen MR) is 90.6 cm³/mol. The van der Waals surface area contributed by atoms with Crippen LogP contribution in [0.5, 0.6) is 0 Å². The number of nitrogens with one attached hydrogen (secondary N) is 1. The monoisotopic (exact) mass is 326 g/mol. The second-order valence-electron chi connectivity index (χ2n) is 5.87. The molecule has 2 heterocycles. The van der Waals surface area contributed by atoms with Gasteiger partial charge in [0.25, 0.3) is 5.91 Å². The van der Waals surface area contributed by atoms with Gasteiger partial charge in [0, 0.05) is 12.7 Å². The predicted octanol–water partition coefficient (Wildman–Crippen LogP) is 2.84. The van der Waals surface area contributed by atoms with Crippen molar-refractivity contribution in [3.8, 4) is 0 Å². The number of hydrogen-bond acceptors (Lipinski definition) is 4. The molecule has 1 aliphatic rings. The summed E-state index contributed by atoms with van der Waals surface area (Å²) in [6.07, 6.45) is 4.59. The molecule has 1 aromatic carbocycles. The van der Waals surface area contributed by atoms with E-state index < -0.39 is 0 Å². The lowest BCUT2D eigenvalue weighted by Gasteiger charge is -2.12. The van der Waals surface area contributed by atoms with E-state index in [4.69, 9.17) is 0 Å². The van der Waals surface area contributed by atoms with Gasteiger partial charge in [-0.3, -0.25) is 9.48 Å². The average Bonchev–Trinajstić information content (AvgIpc) is 3.15. The summed E-state index contributed by atoms with van der Waals surface area (Å²) in [7, 11) is 1.99. The van der Waals surface area contributed by atoms with Crippen LogP contribution in [0.4, 0.5) is 0 Å². The molecule has 0 atom stereocenters. The van der Waals surface area contributed by atoms with Gasteiger partial charge < -0.3 is 5.32 Å². The maximum atomic E-state index is 12.4. The summed E-state index contributed by atoms with van der Waals surface area (Å²) in [6.45, 7) is 0.470. The molecular formula is C17H18N4OS. The number of nitrogens with zero attached hydrogens (tertiary/aromatic N) is 3. The van der Waals surface area contributed by atoms with Crippen molar-refractivity contribution in [3.63, 3.8) is 0 Å². The summed E-state index contributed by atoms with van der Waals surface area (Å²) >= 11 is 1.43. The molecule has 0 unspecified atom stereocenters. The Morgan fingerprint density at radius 1 is 1.30 bits per heavy atom. The van der Waals surface area contributed by atoms with Gasteiger partial charge >= 0.3 is 0 Å². The lowest BCUT2D eigenvalue weighted by atomic mass is 9.96. The molecule has 0 bridgehead atoms. The molecule has 0 fully saturated rings. The Hall–Kier alpha value is -2.21. The van der Waals surface area contributed by atoms with E-state index in [2.05, 4.69) is 15.4 Å². The van der Waals surface area contributed by atoms with Crippen molar-refractivity contribution in [2.24, 2.45) is 7.05 Å². The number of amides is 1. The highest BCUT2D eigenvalue weighted by Crippen LogP contribution is 2.24. The Bertz CT molecular complexity index is 847. The van der Waals surface area contributed by atoms with Gasteiger partial charge in [0.2, 0.25) is 0 Å². The van der Waals surface area contributed by atoms with E-state index in [1.54, 1.807) is 0 Å². The second kappa shape index (κ2) is 5.77. The average molecular weight is 326 g/mol. The van der Waals surface area contributed by atoms with Crippen molar-refractivity contribution in [1.29, 1.82) is 0 Å². The number of hydrogen-bond donors (Lipinski definition) is 1. The summed E-state index contributed by atoms with van der Waals surface area (Å²) in [5.41, 5.74) is 4.51. The molecule has 23 heavy (non-hydrogen) atoms. The minimum atomic E-state index is -0.124. The first kappa shape index (κ1) is 14.4. The zero-order chi connectivity index (χ0) is 15.8. The quantitative estimate of drug-likeness (QED) is 0.805. The molecule has 1 amide bonds. The first-order valence-corrected chi connectivity index (χ1v) is 8.71. The van der Waals surface area contributed by atoms with Crippen LogP contribution < -0.4 is 5.32 Å². The molecule has 4 rings (SSSR count). The van der Waals surface area contributed by atoms with Crippen LogP contribution in [0.25, 0.3) is 10.2 Å². The number of para-hydroxylation sites is 1. The molecule has 0 radical (unpaired) electrons. The Labute approximate surface area is 138 Å². The maximum Gasteiger partial charge on any atom is 0.280 e. The van der Waals surface area contributed by atoms with Crippen molar-refractivity contribution < 1.29 is 4.79 Å². The molecule has 6 heteroatoms. The fourth-order valence-corrected chi connectivity index (χ4v) is 4.09. The third-order valence-corrected chi connectivity index (χ3v) is 5.39. The Balaban J connectivity index is 1.51. The van der Waals surface area contributed by atoms with Crippen LogP contribution in [0.15, 0.2) is 24.3 Å². The van der Waals surface area contributed by atoms with Gasteiger partial charge in [-0.2, -0.15) is 5.10 Å². The summed E-state index contributed by atoms with van der Waals surface area (Å²) < 4.78 is 3.00. The number of benzene rings is 1. The standard InChI is InChI=1S/C17H18N4OS/c1-21-14-8-4-2-6-11(14)13(20-21)10-18-16(22)17-19-12-7-3-5-9-15(12)23-17/h3,5,7,9H,2,4,6,8,10H2,1H3,(H,18,22). The third kappa shape index (κ3) is 2.63. The van der Waals surface area contributed by atoms with E-state index in [1.165, 1.54) is 35.4 Å². The largest absolute Gasteiger partial charge is 0.344 e. The van der Waals surface area contributed by atoms with Gasteiger partial charge in [0.15, 0.2) is 5.01 Å². The number of carbonyl (C=O) groups excluding carboxylic acids is 1. The molecule has 0 saturated heterocycles. The van der Waals surface area contributed by atoms with Crippen LogP contribution in [0, 0.1) is 0 Å². The summed E-state index contributed by atoms with van der Waals surface area (Å²) in [4.78, 5) is 16.8. The second-order valence-corrected chi connectivity index (χ2v) is 6.90. The van der Waals surface area contributed by atoms with Crippen molar-refractivity contribution in [3.05, 3.63) is 46.2 Å². The molecule has 1 aliphatic carbocycles. The molecule has 0 aliphatic heterocycles. The fraction of sp³-hybridized carbons (Fsp3) is 0.353. The molecule has 0 saturated carbocycles. The first-order valence-electron chi connectivity index (χ1n) is 7.90. The van der Waals surface area contributed by atoms with Crippen LogP contribution in [0.2, 0.25) is 0 Å². The molecule has 5 nitrogen and oxygen atoms in total. The van der Waals surface area contributed by atoms with Gasteiger partial charge in [-0.15, -0.1) is 11.3 Å². The van der Waals surface area contributed by atoms with Gasteiger partial charge in [0.1, 0.15) is 0 Å². The van der Waals surface area contributed by atoms with E-state index in [0.717, 1.165) is 28.8 Å². The van der Waals surface area contributed by atoms with E-state index in [-0.39, 0.29) is 5.91 Å². The number of aryl methyl sites for hydroxylation is 1. The van der Waals surface area contributed by atoms with Crippen LogP contribution in [0.3, 0.4) is 0 Å². The maximum absolute atomic E-state index is 12.4. The van der Waals surface area contributed by atoms with Gasteiger partial charge in [-0.25, -0.2) is 4.98 Å². The van der Waals surface area contributed by atoms with Gasteiger partial charge in [-0.1, -0.05) is 12.1 Å². The van der Waals surface area contributed by atoms with Gasteiger partial charge in [-0.05, 0) is 43.4 Å². The summed E-state index contributed by atoms with van der Waals surface area (Å²) in [5, 5.41) is 8.07. The smallest absolute Gasteiger partial charge is 0.280 e. The first-order chi connectivity index (χ1) is 11.2. The van der Waals surface area contributed by atoms with E-state index in [9.17, 15) is 4.79 Å². The zero-order valence-corrected chi connectivity index (χ0v) is 13.8. The number of fused-ring (bicyclic) bond motifs is 2. The highest BCUT2D eigenvalue weighted by molar-refractivity contribution is 7.20. The molecule has 3 aromatic rings. The lowest BCUT2D eigenvalue weighted by Crippen LogP contribution is -2.23. The van der Waals surface area contributed by atoms with Crippen LogP contribution in [-0.2, 0) is 26.4 Å². The zero-order valence-electron chi connectivity index (χ0n) is 13.0. The van der Waals surface area contributed by atoms with Crippen molar-refractivity contribution >= 4 is 27.5 Å². The normalized spacial score (nSPS) is 14.0. The molecule has 0 spiro atoms. The lowest BCUT2D eigenvalue weighted by molar-refractivity contribution is 0.0950. The number of carbonyl (C=O) groups is 1. The number of rotatable bonds is 3. The third-order valence-electron chi connectivity index (χ3n) is 4.35. The number of aromatic nitrogens is 3. The number of thiazole rings is 1. The fourth-order valence-electron chi connectivity index (χ4n) is 3.21. The summed E-state index contributed by atoms with van der Waals surface area (Å²) in [6, 6.07) is 7.81. The van der Waals surface area contributed by atoms with Crippen LogP contribution in [0.1, 0.15) is 39.6 Å². The Morgan fingerprint density at radius 2 is 2.13 bits per heavy atom. The highest BCUT2D eigenvalue weighted by Gasteiger charge is 2.20. The molecule has 1 N–H and O–H groups in total. The molecular weight excluding hydrogens is 308 g/mol. The topological polar surface area (TPSA) is 59.8 Å². The van der Waals surface area contributed by atoms with Gasteiger partial charge in [0.05, 0.1) is 22.5 Å². The van der Waals surface area contributed by atoms with Crippen LogP contribution >= 0.6 is 11.3 Å². The Morgan fingerprint density at radius 3 is 3.00 bits per heavy atom. The van der Waals surface area contributed by atoms with E-state index in [0.29, 0.717) is 11.6 Å². The van der Waals surface area contributed by atoms with Crippen molar-refractivity contribution in [2.75, 3.05) is 0 Å². The van der Waals surface area contributed by atoms with Crippen molar-refractivity contribution in [1.82, 2.24) is 20.1 Å². The van der Waals surface area contributed by atoms with Crippen molar-refractivity contribution in [2.45, 2.75) is 32.2 Å². The van der Waals surface area contributed by atoms with E-state index in [1.807, 2.05) is 36.0 Å².